The molecule has 0 N–H and O–H groups in total. The maximum atomic E-state index is 4.42. The van der Waals surface area contributed by atoms with E-state index < -0.39 is 0 Å². The molecule has 4 aromatic heterocycles. The molecule has 0 aliphatic rings. The molecule has 0 fully saturated rings. The van der Waals surface area contributed by atoms with Gasteiger partial charge in [0.05, 0.1) is 29.2 Å². The van der Waals surface area contributed by atoms with E-state index in [1.165, 1.54) is 0 Å². The number of nitrogens with zero attached hydrogens (tertiary/aromatic N) is 6. The maximum absolute atomic E-state index is 4.42. The minimum Gasteiger partial charge on any atom is -0.296 e. The molecule has 19 heavy (non-hydrogen) atoms. The summed E-state index contributed by atoms with van der Waals surface area (Å²) < 4.78 is 1.96. The van der Waals surface area contributed by atoms with Crippen molar-refractivity contribution in [3.05, 3.63) is 49.6 Å². The minimum atomic E-state index is 0.767. The quantitative estimate of drug-likeness (QED) is 0.513. The summed E-state index contributed by atoms with van der Waals surface area (Å²) in [5, 5.41) is 0. The lowest BCUT2D eigenvalue weighted by Crippen LogP contribution is -1.87. The van der Waals surface area contributed by atoms with Gasteiger partial charge in [-0.05, 0) is 0 Å². The molecule has 0 unspecified atom stereocenters. The second kappa shape index (κ2) is 3.81. The second-order valence-electron chi connectivity index (χ2n) is 4.03. The molecule has 0 aromatic carbocycles. The fourth-order valence-electron chi connectivity index (χ4n) is 2.22. The van der Waals surface area contributed by atoms with Gasteiger partial charge in [-0.15, -0.1) is 0 Å². The lowest BCUT2D eigenvalue weighted by Gasteiger charge is -1.97. The predicted octanol–water partition coefficient (Wildman–Crippen LogP) is 1.73. The molecule has 0 aliphatic carbocycles. The summed E-state index contributed by atoms with van der Waals surface area (Å²) >= 11 is 0. The van der Waals surface area contributed by atoms with Crippen molar-refractivity contribution < 1.29 is 0 Å². The summed E-state index contributed by atoms with van der Waals surface area (Å²) in [7, 11) is 0. The van der Waals surface area contributed by atoms with Crippen molar-refractivity contribution in [1.29, 1.82) is 0 Å². The van der Waals surface area contributed by atoms with Crippen molar-refractivity contribution in [2.24, 2.45) is 0 Å². The van der Waals surface area contributed by atoms with Gasteiger partial charge in [-0.25, -0.2) is 4.98 Å². The van der Waals surface area contributed by atoms with Crippen LogP contribution in [0.3, 0.4) is 0 Å². The molecule has 4 rings (SSSR count). The highest BCUT2D eigenvalue weighted by Crippen LogP contribution is 2.30. The minimum absolute atomic E-state index is 0.767. The molecule has 0 bridgehead atoms. The van der Waals surface area contributed by atoms with E-state index >= 15 is 0 Å². The standard InChI is InChI=1S/C13H8N6/c1-2-16-9(7-14-1)11-10-8-15-5-6-19(10)13-12(11)17-3-4-18-13/h1-8H. The number of fused-ring (bicyclic) bond motifs is 3. The van der Waals surface area contributed by atoms with Crippen LogP contribution in [0.1, 0.15) is 0 Å². The van der Waals surface area contributed by atoms with Crippen molar-refractivity contribution in [3.8, 4) is 11.3 Å². The van der Waals surface area contributed by atoms with E-state index in [0.717, 1.165) is 27.9 Å². The van der Waals surface area contributed by atoms with Crippen LogP contribution in [-0.2, 0) is 0 Å². The van der Waals surface area contributed by atoms with Crippen molar-refractivity contribution in [2.45, 2.75) is 0 Å². The van der Waals surface area contributed by atoms with Crippen LogP contribution in [0.2, 0.25) is 0 Å². The highest BCUT2D eigenvalue weighted by Gasteiger charge is 2.16. The van der Waals surface area contributed by atoms with E-state index in [2.05, 4.69) is 24.9 Å². The smallest absolute Gasteiger partial charge is 0.164 e. The van der Waals surface area contributed by atoms with E-state index in [-0.39, 0.29) is 0 Å². The third-order valence-electron chi connectivity index (χ3n) is 2.98. The number of rotatable bonds is 1. The Morgan fingerprint density at radius 1 is 0.789 bits per heavy atom. The average Bonchev–Trinajstić information content (AvgIpc) is 2.83. The van der Waals surface area contributed by atoms with Gasteiger partial charge in [0, 0.05) is 37.2 Å². The first kappa shape index (κ1) is 10.1. The van der Waals surface area contributed by atoms with E-state index in [0.29, 0.717) is 0 Å². The summed E-state index contributed by atoms with van der Waals surface area (Å²) in [4.78, 5) is 21.4. The van der Waals surface area contributed by atoms with Gasteiger partial charge >= 0.3 is 0 Å². The molecule has 0 atom stereocenters. The van der Waals surface area contributed by atoms with Crippen molar-refractivity contribution in [1.82, 2.24) is 29.3 Å². The van der Waals surface area contributed by atoms with Crippen LogP contribution in [0.4, 0.5) is 0 Å². The molecule has 0 spiro atoms. The van der Waals surface area contributed by atoms with Crippen LogP contribution in [0.25, 0.3) is 27.9 Å². The van der Waals surface area contributed by atoms with Gasteiger partial charge in [0.25, 0.3) is 0 Å². The second-order valence-corrected chi connectivity index (χ2v) is 4.03. The Morgan fingerprint density at radius 3 is 2.53 bits per heavy atom. The van der Waals surface area contributed by atoms with Gasteiger partial charge < -0.3 is 0 Å². The highest BCUT2D eigenvalue weighted by molar-refractivity contribution is 6.00. The third kappa shape index (κ3) is 1.40. The Morgan fingerprint density at radius 2 is 1.63 bits per heavy atom. The average molecular weight is 248 g/mol. The molecule has 6 heteroatoms. The zero-order valence-electron chi connectivity index (χ0n) is 9.80. The van der Waals surface area contributed by atoms with Gasteiger partial charge in [-0.1, -0.05) is 0 Å². The lowest BCUT2D eigenvalue weighted by atomic mass is 10.2. The molecule has 4 heterocycles. The van der Waals surface area contributed by atoms with Gasteiger partial charge in [0.1, 0.15) is 5.52 Å². The summed E-state index contributed by atoms with van der Waals surface area (Å²) in [5.41, 5.74) is 4.19. The van der Waals surface area contributed by atoms with Crippen molar-refractivity contribution >= 4 is 16.7 Å². The molecule has 6 nitrogen and oxygen atoms in total. The first-order valence-corrected chi connectivity index (χ1v) is 5.76. The van der Waals surface area contributed by atoms with Crippen molar-refractivity contribution in [2.75, 3.05) is 0 Å². The largest absolute Gasteiger partial charge is 0.296 e. The van der Waals surface area contributed by atoms with Gasteiger partial charge in [-0.3, -0.25) is 24.3 Å². The molecule has 0 radical (unpaired) electrons. The molecule has 0 saturated heterocycles. The molecule has 0 amide bonds. The fraction of sp³-hybridized carbons (Fsp3) is 0. The summed E-state index contributed by atoms with van der Waals surface area (Å²) in [6.07, 6.45) is 13.8. The lowest BCUT2D eigenvalue weighted by molar-refractivity contribution is 1.13. The Labute approximate surface area is 107 Å². The normalized spacial score (nSPS) is 11.2. The SMILES string of the molecule is c1cnc(-c2c3nccnc3n3ccncc23)cn1. The Hall–Kier alpha value is -2.89. The molecule has 4 aromatic rings. The Bertz CT molecular complexity index is 815. The maximum Gasteiger partial charge on any atom is 0.164 e. The predicted molar refractivity (Wildman–Crippen MR) is 69.3 cm³/mol. The first-order chi connectivity index (χ1) is 9.45. The molecule has 0 aliphatic heterocycles. The van der Waals surface area contributed by atoms with E-state index in [1.54, 1.807) is 43.4 Å². The topological polar surface area (TPSA) is 68.9 Å². The van der Waals surface area contributed by atoms with E-state index in [9.17, 15) is 0 Å². The molecular formula is C13H8N6. The highest BCUT2D eigenvalue weighted by atomic mass is 15.0. The molecule has 90 valence electrons. The number of aromatic nitrogens is 6. The van der Waals surface area contributed by atoms with Crippen LogP contribution in [0.15, 0.2) is 49.6 Å². The van der Waals surface area contributed by atoms with Crippen LogP contribution >= 0.6 is 0 Å². The van der Waals surface area contributed by atoms with E-state index in [1.807, 2.05) is 10.6 Å². The van der Waals surface area contributed by atoms with Crippen LogP contribution in [0.5, 0.6) is 0 Å². The van der Waals surface area contributed by atoms with Gasteiger partial charge in [0.15, 0.2) is 5.65 Å². The third-order valence-corrected chi connectivity index (χ3v) is 2.98. The summed E-state index contributed by atoms with van der Waals surface area (Å²) in [6, 6.07) is 0. The monoisotopic (exact) mass is 248 g/mol. The fourth-order valence-corrected chi connectivity index (χ4v) is 2.22. The number of hydrogen-bond donors (Lipinski definition) is 0. The van der Waals surface area contributed by atoms with Crippen LogP contribution in [-0.4, -0.2) is 29.3 Å². The van der Waals surface area contributed by atoms with Gasteiger partial charge in [0.2, 0.25) is 0 Å². The van der Waals surface area contributed by atoms with Gasteiger partial charge in [-0.2, -0.15) is 0 Å². The summed E-state index contributed by atoms with van der Waals surface area (Å²) in [6.45, 7) is 0. The molecular weight excluding hydrogens is 240 g/mol. The Balaban J connectivity index is 2.24. The van der Waals surface area contributed by atoms with Crippen LogP contribution < -0.4 is 0 Å². The van der Waals surface area contributed by atoms with Crippen molar-refractivity contribution in [3.63, 3.8) is 0 Å². The zero-order valence-corrected chi connectivity index (χ0v) is 9.80. The molecule has 0 saturated carbocycles. The zero-order chi connectivity index (χ0) is 12.7. The van der Waals surface area contributed by atoms with E-state index in [4.69, 9.17) is 0 Å². The number of hydrogen-bond acceptors (Lipinski definition) is 5. The first-order valence-electron chi connectivity index (χ1n) is 5.76. The summed E-state index contributed by atoms with van der Waals surface area (Å²) in [5.74, 6) is 0. The van der Waals surface area contributed by atoms with Crippen LogP contribution in [0, 0.1) is 0 Å². The Kier molecular flexibility index (Phi) is 2.02.